The summed E-state index contributed by atoms with van der Waals surface area (Å²) in [6.45, 7) is 11.0. The number of methoxy groups -OCH3 is 1. The van der Waals surface area contributed by atoms with Gasteiger partial charge in [-0.3, -0.25) is 14.4 Å². The number of nitrogens with two attached hydrogens (primary N) is 1. The van der Waals surface area contributed by atoms with E-state index in [1.165, 1.54) is 19.2 Å². The van der Waals surface area contributed by atoms with Gasteiger partial charge in [-0.1, -0.05) is 47.6 Å². The number of rotatable bonds is 14. The molecule has 0 heterocycles. The van der Waals surface area contributed by atoms with Crippen LogP contribution in [0.3, 0.4) is 0 Å². The summed E-state index contributed by atoms with van der Waals surface area (Å²) in [7, 11) is 1.21. The average molecular weight is 524 g/mol. The van der Waals surface area contributed by atoms with Gasteiger partial charge >= 0.3 is 24.1 Å². The molecule has 0 aliphatic carbocycles. The van der Waals surface area contributed by atoms with Gasteiger partial charge in [0.05, 0.1) is 32.2 Å². The Kier molecular flexibility index (Phi) is 13.1. The largest absolute Gasteiger partial charge is 0.508 e. The fourth-order valence-corrected chi connectivity index (χ4v) is 3.00. The van der Waals surface area contributed by atoms with Gasteiger partial charge in [-0.15, -0.1) is 0 Å². The Balaban J connectivity index is 3.16. The number of benzene rings is 1. The SMILES string of the molecule is CCC(C)C(=O)Oc1ccc(CC(N)(CCOC(=O)OCC(C)C)C(=O)OC)cc1OC(=O)C(C)CC. The third-order valence-corrected chi connectivity index (χ3v) is 5.87. The summed E-state index contributed by atoms with van der Waals surface area (Å²) in [4.78, 5) is 49.2. The van der Waals surface area contributed by atoms with Gasteiger partial charge in [-0.25, -0.2) is 4.79 Å². The molecule has 0 amide bonds. The first-order valence-electron chi connectivity index (χ1n) is 12.6. The summed E-state index contributed by atoms with van der Waals surface area (Å²) >= 11 is 0. The average Bonchev–Trinajstić information content (AvgIpc) is 2.87. The molecule has 2 N–H and O–H groups in total. The van der Waals surface area contributed by atoms with E-state index in [4.69, 9.17) is 29.4 Å². The lowest BCUT2D eigenvalue weighted by Gasteiger charge is -2.27. The summed E-state index contributed by atoms with van der Waals surface area (Å²) in [6.07, 6.45) is 0.211. The molecule has 0 saturated carbocycles. The highest BCUT2D eigenvalue weighted by Crippen LogP contribution is 2.32. The van der Waals surface area contributed by atoms with Crippen LogP contribution in [0.2, 0.25) is 0 Å². The molecule has 0 bridgehead atoms. The Labute approximate surface area is 219 Å². The van der Waals surface area contributed by atoms with Crippen LogP contribution < -0.4 is 15.2 Å². The van der Waals surface area contributed by atoms with Crippen LogP contribution in [0.25, 0.3) is 0 Å². The molecule has 0 fully saturated rings. The van der Waals surface area contributed by atoms with Crippen molar-refractivity contribution < 1.29 is 42.9 Å². The predicted octanol–water partition coefficient (Wildman–Crippen LogP) is 4.20. The third kappa shape index (κ3) is 10.4. The van der Waals surface area contributed by atoms with Crippen LogP contribution >= 0.6 is 0 Å². The lowest BCUT2D eigenvalue weighted by molar-refractivity contribution is -0.148. The van der Waals surface area contributed by atoms with E-state index in [0.717, 1.165) is 0 Å². The minimum absolute atomic E-state index is 0.0302. The number of hydrogen-bond donors (Lipinski definition) is 1. The van der Waals surface area contributed by atoms with Crippen LogP contribution in [0.5, 0.6) is 11.5 Å². The van der Waals surface area contributed by atoms with E-state index >= 15 is 0 Å². The summed E-state index contributed by atoms with van der Waals surface area (Å²) in [5, 5.41) is 0. The molecular formula is C27H41NO9. The fourth-order valence-electron chi connectivity index (χ4n) is 3.00. The van der Waals surface area contributed by atoms with E-state index in [2.05, 4.69) is 0 Å². The first kappa shape index (κ1) is 31.9. The van der Waals surface area contributed by atoms with E-state index in [-0.39, 0.29) is 55.3 Å². The fraction of sp³-hybridized carbons (Fsp3) is 0.630. The molecule has 3 atom stereocenters. The molecule has 3 unspecified atom stereocenters. The van der Waals surface area contributed by atoms with E-state index in [0.29, 0.717) is 18.4 Å². The number of esters is 3. The molecule has 1 aromatic carbocycles. The summed E-state index contributed by atoms with van der Waals surface area (Å²) in [5.41, 5.74) is 5.35. The van der Waals surface area contributed by atoms with Gasteiger partial charge in [0.2, 0.25) is 0 Å². The molecule has 37 heavy (non-hydrogen) atoms. The molecule has 0 saturated heterocycles. The smallest absolute Gasteiger partial charge is 0.468 e. The highest BCUT2D eigenvalue weighted by atomic mass is 16.7. The van der Waals surface area contributed by atoms with E-state index < -0.39 is 29.6 Å². The number of ether oxygens (including phenoxy) is 5. The topological polar surface area (TPSA) is 140 Å². The van der Waals surface area contributed by atoms with Gasteiger partial charge in [-0.2, -0.15) is 0 Å². The van der Waals surface area contributed by atoms with Crippen molar-refractivity contribution in [1.82, 2.24) is 0 Å². The second kappa shape index (κ2) is 15.2. The van der Waals surface area contributed by atoms with Crippen molar-refractivity contribution in [2.75, 3.05) is 20.3 Å². The maximum Gasteiger partial charge on any atom is 0.508 e. The lowest BCUT2D eigenvalue weighted by atomic mass is 9.88. The third-order valence-electron chi connectivity index (χ3n) is 5.87. The van der Waals surface area contributed by atoms with Gasteiger partial charge in [0.1, 0.15) is 5.54 Å². The van der Waals surface area contributed by atoms with Crippen molar-refractivity contribution in [2.24, 2.45) is 23.5 Å². The molecule has 0 aliphatic rings. The highest BCUT2D eigenvalue weighted by Gasteiger charge is 2.36. The van der Waals surface area contributed by atoms with Crippen molar-refractivity contribution in [1.29, 1.82) is 0 Å². The zero-order valence-electron chi connectivity index (χ0n) is 23.0. The lowest BCUT2D eigenvalue weighted by Crippen LogP contribution is -2.51. The quantitative estimate of drug-likeness (QED) is 0.278. The van der Waals surface area contributed by atoms with Crippen molar-refractivity contribution >= 4 is 24.1 Å². The van der Waals surface area contributed by atoms with Gasteiger partial charge < -0.3 is 29.4 Å². The van der Waals surface area contributed by atoms with Gasteiger partial charge in [-0.05, 0) is 36.5 Å². The highest BCUT2D eigenvalue weighted by molar-refractivity contribution is 5.81. The van der Waals surface area contributed by atoms with Crippen molar-refractivity contribution in [2.45, 2.75) is 72.8 Å². The van der Waals surface area contributed by atoms with Crippen LogP contribution in [-0.4, -0.2) is 49.9 Å². The first-order chi connectivity index (χ1) is 17.4. The molecular weight excluding hydrogens is 482 g/mol. The van der Waals surface area contributed by atoms with Crippen LogP contribution in [0.4, 0.5) is 4.79 Å². The Morgan fingerprint density at radius 3 is 1.97 bits per heavy atom. The minimum Gasteiger partial charge on any atom is -0.468 e. The Hall–Kier alpha value is -3.14. The Morgan fingerprint density at radius 1 is 0.892 bits per heavy atom. The van der Waals surface area contributed by atoms with Crippen LogP contribution in [0, 0.1) is 17.8 Å². The minimum atomic E-state index is -1.56. The van der Waals surface area contributed by atoms with Crippen LogP contribution in [0.1, 0.15) is 66.4 Å². The molecule has 1 rings (SSSR count). The van der Waals surface area contributed by atoms with Crippen LogP contribution in [0.15, 0.2) is 18.2 Å². The van der Waals surface area contributed by atoms with E-state index in [9.17, 15) is 19.2 Å². The molecule has 0 spiro atoms. The molecule has 208 valence electrons. The summed E-state index contributed by atoms with van der Waals surface area (Å²) in [6, 6.07) is 4.61. The van der Waals surface area contributed by atoms with Crippen molar-refractivity contribution in [3.63, 3.8) is 0 Å². The number of carbonyl (C=O) groups is 4. The molecule has 0 aliphatic heterocycles. The second-order valence-electron chi connectivity index (χ2n) is 9.62. The summed E-state index contributed by atoms with van der Waals surface area (Å²) < 4.78 is 26.0. The monoisotopic (exact) mass is 523 g/mol. The maximum atomic E-state index is 12.6. The predicted molar refractivity (Wildman–Crippen MR) is 136 cm³/mol. The van der Waals surface area contributed by atoms with E-state index in [1.807, 2.05) is 27.7 Å². The molecule has 10 nitrogen and oxygen atoms in total. The molecule has 1 aromatic rings. The van der Waals surface area contributed by atoms with Crippen molar-refractivity contribution in [3.05, 3.63) is 23.8 Å². The normalized spacial score (nSPS) is 14.2. The molecule has 0 radical (unpaired) electrons. The first-order valence-corrected chi connectivity index (χ1v) is 12.6. The standard InChI is InChI=1S/C27H41NO9/c1-8-18(5)23(29)36-21-11-10-20(14-22(21)37-24(30)19(6)9-2)15-27(28,25(31)33-7)12-13-34-26(32)35-16-17(3)4/h10-11,14,17-19H,8-9,12-13,15-16,28H2,1-7H3. The summed E-state index contributed by atoms with van der Waals surface area (Å²) in [5.74, 6) is -2.10. The molecule has 10 heteroatoms. The van der Waals surface area contributed by atoms with Crippen LogP contribution in [-0.2, 0) is 35.0 Å². The van der Waals surface area contributed by atoms with Gasteiger partial charge in [0.15, 0.2) is 11.5 Å². The van der Waals surface area contributed by atoms with Crippen molar-refractivity contribution in [3.8, 4) is 11.5 Å². The maximum absolute atomic E-state index is 12.6. The number of carbonyl (C=O) groups excluding carboxylic acids is 4. The second-order valence-corrected chi connectivity index (χ2v) is 9.62. The Morgan fingerprint density at radius 2 is 1.46 bits per heavy atom. The molecule has 0 aromatic heterocycles. The van der Waals surface area contributed by atoms with E-state index in [1.54, 1.807) is 19.9 Å². The van der Waals surface area contributed by atoms with Gasteiger partial charge in [0.25, 0.3) is 0 Å². The number of hydrogen-bond acceptors (Lipinski definition) is 10. The van der Waals surface area contributed by atoms with Gasteiger partial charge in [0, 0.05) is 12.8 Å². The zero-order chi connectivity index (χ0) is 28.2. The Bertz CT molecular complexity index is 930. The zero-order valence-corrected chi connectivity index (χ0v) is 23.0.